The SMILES string of the molecule is CCC(=N)N1CCC(CN2CCCC2)CC1. The van der Waals surface area contributed by atoms with Crippen LogP contribution in [0.2, 0.25) is 0 Å². The molecule has 16 heavy (non-hydrogen) atoms. The smallest absolute Gasteiger partial charge is 0.0954 e. The van der Waals surface area contributed by atoms with E-state index in [-0.39, 0.29) is 0 Å². The standard InChI is InChI=1S/C13H25N3/c1-2-13(14)16-9-5-12(6-10-16)11-15-7-3-4-8-15/h12,14H,2-11H2,1H3. The average Bonchev–Trinajstić information content (AvgIpc) is 2.82. The molecular formula is C13H25N3. The zero-order valence-corrected chi connectivity index (χ0v) is 10.5. The zero-order valence-electron chi connectivity index (χ0n) is 10.5. The van der Waals surface area contributed by atoms with E-state index in [1.54, 1.807) is 0 Å². The van der Waals surface area contributed by atoms with Crippen molar-refractivity contribution in [2.24, 2.45) is 5.92 Å². The van der Waals surface area contributed by atoms with Crippen LogP contribution in [0.3, 0.4) is 0 Å². The normalized spacial score (nSPS) is 23.9. The molecule has 3 nitrogen and oxygen atoms in total. The molecule has 92 valence electrons. The van der Waals surface area contributed by atoms with E-state index in [0.717, 1.165) is 31.3 Å². The van der Waals surface area contributed by atoms with Crippen LogP contribution >= 0.6 is 0 Å². The topological polar surface area (TPSA) is 30.3 Å². The third-order valence-electron chi connectivity index (χ3n) is 4.05. The van der Waals surface area contributed by atoms with Crippen LogP contribution in [0.15, 0.2) is 0 Å². The van der Waals surface area contributed by atoms with Crippen LogP contribution < -0.4 is 0 Å². The second-order valence-electron chi connectivity index (χ2n) is 5.24. The van der Waals surface area contributed by atoms with Gasteiger partial charge >= 0.3 is 0 Å². The van der Waals surface area contributed by atoms with Crippen LogP contribution in [-0.2, 0) is 0 Å². The highest BCUT2D eigenvalue weighted by Gasteiger charge is 2.23. The number of nitrogens with zero attached hydrogens (tertiary/aromatic N) is 2. The molecule has 1 N–H and O–H groups in total. The highest BCUT2D eigenvalue weighted by atomic mass is 15.2. The molecule has 0 bridgehead atoms. The second kappa shape index (κ2) is 5.67. The fourth-order valence-electron chi connectivity index (χ4n) is 2.94. The van der Waals surface area contributed by atoms with Crippen LogP contribution in [0.1, 0.15) is 39.0 Å². The van der Waals surface area contributed by atoms with Crippen molar-refractivity contribution in [3.05, 3.63) is 0 Å². The van der Waals surface area contributed by atoms with Gasteiger partial charge in [0.2, 0.25) is 0 Å². The Labute approximate surface area is 99.3 Å². The molecule has 2 heterocycles. The maximum atomic E-state index is 7.84. The van der Waals surface area contributed by atoms with Gasteiger partial charge in [-0.25, -0.2) is 0 Å². The predicted octanol–water partition coefficient (Wildman–Crippen LogP) is 2.18. The van der Waals surface area contributed by atoms with E-state index >= 15 is 0 Å². The number of likely N-dealkylation sites (tertiary alicyclic amines) is 2. The van der Waals surface area contributed by atoms with Gasteiger partial charge in [0, 0.05) is 26.1 Å². The third-order valence-corrected chi connectivity index (χ3v) is 4.05. The van der Waals surface area contributed by atoms with E-state index in [2.05, 4.69) is 16.7 Å². The molecule has 0 aromatic heterocycles. The summed E-state index contributed by atoms with van der Waals surface area (Å²) in [6, 6.07) is 0. The van der Waals surface area contributed by atoms with E-state index in [9.17, 15) is 0 Å². The summed E-state index contributed by atoms with van der Waals surface area (Å²) in [5, 5.41) is 7.84. The summed E-state index contributed by atoms with van der Waals surface area (Å²) >= 11 is 0. The number of hydrogen-bond donors (Lipinski definition) is 1. The van der Waals surface area contributed by atoms with Crippen LogP contribution in [0.5, 0.6) is 0 Å². The molecular weight excluding hydrogens is 198 g/mol. The molecule has 0 aromatic carbocycles. The van der Waals surface area contributed by atoms with Gasteiger partial charge in [-0.2, -0.15) is 0 Å². The van der Waals surface area contributed by atoms with Crippen LogP contribution in [0, 0.1) is 11.3 Å². The summed E-state index contributed by atoms with van der Waals surface area (Å²) in [4.78, 5) is 4.89. The minimum absolute atomic E-state index is 0.833. The van der Waals surface area contributed by atoms with Crippen molar-refractivity contribution < 1.29 is 0 Å². The maximum absolute atomic E-state index is 7.84. The van der Waals surface area contributed by atoms with Crippen molar-refractivity contribution in [1.29, 1.82) is 5.41 Å². The van der Waals surface area contributed by atoms with Gasteiger partial charge in [-0.05, 0) is 44.7 Å². The van der Waals surface area contributed by atoms with E-state index in [1.165, 1.54) is 45.3 Å². The Hall–Kier alpha value is -0.570. The minimum atomic E-state index is 0.833. The second-order valence-corrected chi connectivity index (χ2v) is 5.24. The van der Waals surface area contributed by atoms with Crippen LogP contribution in [0.25, 0.3) is 0 Å². The Bertz CT molecular complexity index is 225. The lowest BCUT2D eigenvalue weighted by atomic mass is 9.96. The van der Waals surface area contributed by atoms with Gasteiger partial charge < -0.3 is 9.80 Å². The number of amidine groups is 1. The van der Waals surface area contributed by atoms with Crippen LogP contribution in [-0.4, -0.2) is 48.4 Å². The van der Waals surface area contributed by atoms with E-state index in [0.29, 0.717) is 0 Å². The van der Waals surface area contributed by atoms with Crippen molar-refractivity contribution in [2.45, 2.75) is 39.0 Å². The van der Waals surface area contributed by atoms with Gasteiger partial charge in [0.25, 0.3) is 0 Å². The first-order valence-electron chi connectivity index (χ1n) is 6.84. The number of hydrogen-bond acceptors (Lipinski definition) is 2. The fourth-order valence-corrected chi connectivity index (χ4v) is 2.94. The zero-order chi connectivity index (χ0) is 11.4. The van der Waals surface area contributed by atoms with Gasteiger partial charge in [-0.15, -0.1) is 0 Å². The van der Waals surface area contributed by atoms with E-state index < -0.39 is 0 Å². The largest absolute Gasteiger partial charge is 0.361 e. The molecule has 2 rings (SSSR count). The summed E-state index contributed by atoms with van der Waals surface area (Å²) in [7, 11) is 0. The molecule has 2 fully saturated rings. The molecule has 0 amide bonds. The summed E-state index contributed by atoms with van der Waals surface area (Å²) in [5.74, 6) is 1.72. The fraction of sp³-hybridized carbons (Fsp3) is 0.923. The summed E-state index contributed by atoms with van der Waals surface area (Å²) in [6.07, 6.45) is 6.27. The summed E-state index contributed by atoms with van der Waals surface area (Å²) in [5.41, 5.74) is 0. The lowest BCUT2D eigenvalue weighted by molar-refractivity contribution is 0.199. The van der Waals surface area contributed by atoms with E-state index in [4.69, 9.17) is 5.41 Å². The Balaban J connectivity index is 1.70. The molecule has 0 saturated carbocycles. The lowest BCUT2D eigenvalue weighted by Crippen LogP contribution is -2.40. The molecule has 0 aliphatic carbocycles. The number of nitrogens with one attached hydrogen (secondary N) is 1. The van der Waals surface area contributed by atoms with Gasteiger partial charge in [0.05, 0.1) is 5.84 Å². The minimum Gasteiger partial charge on any atom is -0.361 e. The highest BCUT2D eigenvalue weighted by Crippen LogP contribution is 2.20. The molecule has 2 aliphatic heterocycles. The van der Waals surface area contributed by atoms with Crippen LogP contribution in [0.4, 0.5) is 0 Å². The first-order valence-corrected chi connectivity index (χ1v) is 6.84. The van der Waals surface area contributed by atoms with Gasteiger partial charge in [-0.1, -0.05) is 6.92 Å². The predicted molar refractivity (Wildman–Crippen MR) is 68.0 cm³/mol. The quantitative estimate of drug-likeness (QED) is 0.587. The van der Waals surface area contributed by atoms with Crippen molar-refractivity contribution >= 4 is 5.84 Å². The molecule has 3 heteroatoms. The van der Waals surface area contributed by atoms with Crippen molar-refractivity contribution in [1.82, 2.24) is 9.80 Å². The third kappa shape index (κ3) is 2.97. The van der Waals surface area contributed by atoms with Crippen molar-refractivity contribution in [3.8, 4) is 0 Å². The molecule has 2 saturated heterocycles. The summed E-state index contributed by atoms with van der Waals surface area (Å²) in [6.45, 7) is 8.28. The first-order chi connectivity index (χ1) is 7.79. The molecule has 0 spiro atoms. The highest BCUT2D eigenvalue weighted by molar-refractivity contribution is 5.78. The number of rotatable bonds is 3. The summed E-state index contributed by atoms with van der Waals surface area (Å²) < 4.78 is 0. The van der Waals surface area contributed by atoms with Gasteiger partial charge in [0.1, 0.15) is 0 Å². The lowest BCUT2D eigenvalue weighted by Gasteiger charge is -2.35. The molecule has 2 aliphatic rings. The first kappa shape index (κ1) is 11.9. The van der Waals surface area contributed by atoms with E-state index in [1.807, 2.05) is 0 Å². The van der Waals surface area contributed by atoms with Crippen molar-refractivity contribution in [3.63, 3.8) is 0 Å². The molecule has 0 aromatic rings. The van der Waals surface area contributed by atoms with Crippen molar-refractivity contribution in [2.75, 3.05) is 32.7 Å². The molecule has 0 radical (unpaired) electrons. The Morgan fingerprint density at radius 1 is 1.12 bits per heavy atom. The average molecular weight is 223 g/mol. The Kier molecular flexibility index (Phi) is 4.22. The Morgan fingerprint density at radius 2 is 1.75 bits per heavy atom. The monoisotopic (exact) mass is 223 g/mol. The number of piperidine rings is 1. The molecule has 0 unspecified atom stereocenters. The molecule has 0 atom stereocenters. The Morgan fingerprint density at radius 3 is 2.31 bits per heavy atom. The van der Waals surface area contributed by atoms with Gasteiger partial charge in [-0.3, -0.25) is 5.41 Å². The maximum Gasteiger partial charge on any atom is 0.0954 e. The van der Waals surface area contributed by atoms with Gasteiger partial charge in [0.15, 0.2) is 0 Å².